The number of hydrogen-bond acceptors (Lipinski definition) is 4. The van der Waals surface area contributed by atoms with Crippen LogP contribution in [0.3, 0.4) is 0 Å². The molecule has 5 nitrogen and oxygen atoms in total. The Morgan fingerprint density at radius 3 is 2.42 bits per heavy atom. The molecule has 5 heteroatoms. The van der Waals surface area contributed by atoms with Crippen LogP contribution in [0.1, 0.15) is 47.5 Å². The van der Waals surface area contributed by atoms with E-state index in [1.54, 1.807) is 0 Å². The maximum Gasteiger partial charge on any atom is 0.408 e. The highest BCUT2D eigenvalue weighted by Crippen LogP contribution is 2.33. The number of amides is 1. The summed E-state index contributed by atoms with van der Waals surface area (Å²) in [5.41, 5.74) is 4.90. The van der Waals surface area contributed by atoms with E-state index < -0.39 is 5.60 Å². The molecule has 0 aromatic carbocycles. The number of rotatable bonds is 4. The number of nitrogens with one attached hydrogen (secondary N) is 1. The fraction of sp³-hybridized carbons (Fsp3) is 0.929. The molecule has 1 saturated heterocycles. The zero-order valence-corrected chi connectivity index (χ0v) is 12.8. The lowest BCUT2D eigenvalue weighted by atomic mass is 9.78. The summed E-state index contributed by atoms with van der Waals surface area (Å²) in [5, 5.41) is 3.00. The van der Waals surface area contributed by atoms with Gasteiger partial charge in [-0.05, 0) is 45.6 Å². The number of carbonyl (C=O) groups excluding carboxylic acids is 1. The minimum absolute atomic E-state index is 0.0390. The van der Waals surface area contributed by atoms with Crippen LogP contribution in [0.2, 0.25) is 0 Å². The summed E-state index contributed by atoms with van der Waals surface area (Å²) >= 11 is 0. The lowest BCUT2D eigenvalue weighted by Gasteiger charge is -2.36. The van der Waals surface area contributed by atoms with Crippen molar-refractivity contribution in [3.05, 3.63) is 0 Å². The third kappa shape index (κ3) is 5.37. The highest BCUT2D eigenvalue weighted by Gasteiger charge is 2.41. The number of alkyl carbamates (subject to hydrolysis) is 1. The van der Waals surface area contributed by atoms with E-state index in [-0.39, 0.29) is 17.0 Å². The first kappa shape index (κ1) is 16.2. The lowest BCUT2D eigenvalue weighted by molar-refractivity contribution is 0.0401. The molecule has 1 atom stereocenters. The van der Waals surface area contributed by atoms with Gasteiger partial charge in [0.05, 0.1) is 12.1 Å². The van der Waals surface area contributed by atoms with Gasteiger partial charge in [0.1, 0.15) is 5.60 Å². The van der Waals surface area contributed by atoms with Crippen LogP contribution in [0.25, 0.3) is 0 Å². The molecule has 0 bridgehead atoms. The molecule has 112 valence electrons. The van der Waals surface area contributed by atoms with Gasteiger partial charge in [-0.25, -0.2) is 4.79 Å². The van der Waals surface area contributed by atoms with E-state index in [9.17, 15) is 4.79 Å². The lowest BCUT2D eigenvalue weighted by Crippen LogP contribution is -2.53. The fourth-order valence-corrected chi connectivity index (χ4v) is 2.40. The minimum Gasteiger partial charge on any atom is -0.444 e. The molecule has 1 amide bonds. The largest absolute Gasteiger partial charge is 0.444 e. The molecule has 0 aromatic rings. The smallest absolute Gasteiger partial charge is 0.408 e. The predicted molar refractivity (Wildman–Crippen MR) is 75.0 cm³/mol. The summed E-state index contributed by atoms with van der Waals surface area (Å²) in [6.07, 6.45) is 1.21. The Balaban J connectivity index is 2.70. The fourth-order valence-electron chi connectivity index (χ4n) is 2.40. The second-order valence-electron chi connectivity index (χ2n) is 7.25. The maximum absolute atomic E-state index is 12.0. The molecule has 1 aliphatic rings. The molecule has 1 unspecified atom stereocenters. The molecule has 0 aromatic heterocycles. The maximum atomic E-state index is 12.0. The highest BCUT2D eigenvalue weighted by molar-refractivity contribution is 5.69. The van der Waals surface area contributed by atoms with Gasteiger partial charge in [0.25, 0.3) is 0 Å². The van der Waals surface area contributed by atoms with E-state index in [2.05, 4.69) is 19.2 Å². The van der Waals surface area contributed by atoms with Gasteiger partial charge in [-0.2, -0.15) is 0 Å². The van der Waals surface area contributed by atoms with Crippen LogP contribution in [0, 0.1) is 5.41 Å². The Morgan fingerprint density at radius 2 is 2.00 bits per heavy atom. The van der Waals surface area contributed by atoms with Gasteiger partial charge in [-0.3, -0.25) is 0 Å². The molecule has 0 aliphatic carbocycles. The molecule has 1 rings (SSSR count). The van der Waals surface area contributed by atoms with Crippen molar-refractivity contribution in [2.45, 2.75) is 58.6 Å². The normalized spacial score (nSPS) is 24.3. The van der Waals surface area contributed by atoms with Gasteiger partial charge in [0, 0.05) is 6.61 Å². The summed E-state index contributed by atoms with van der Waals surface area (Å²) in [6, 6.07) is 0. The first-order chi connectivity index (χ1) is 8.58. The SMILES string of the molecule is CC(C)(CN)CC1(NC(=O)OC(C)(C)C)CCOC1. The van der Waals surface area contributed by atoms with E-state index in [4.69, 9.17) is 15.2 Å². The summed E-state index contributed by atoms with van der Waals surface area (Å²) in [5.74, 6) is 0. The van der Waals surface area contributed by atoms with E-state index in [0.29, 0.717) is 19.8 Å². The van der Waals surface area contributed by atoms with E-state index in [1.165, 1.54) is 0 Å². The third-order valence-corrected chi connectivity index (χ3v) is 3.24. The quantitative estimate of drug-likeness (QED) is 0.821. The molecule has 0 saturated carbocycles. The van der Waals surface area contributed by atoms with Gasteiger partial charge < -0.3 is 20.5 Å². The minimum atomic E-state index is -0.492. The van der Waals surface area contributed by atoms with Crippen molar-refractivity contribution in [2.24, 2.45) is 11.1 Å². The van der Waals surface area contributed by atoms with Gasteiger partial charge in [-0.15, -0.1) is 0 Å². The molecule has 1 heterocycles. The topological polar surface area (TPSA) is 73.6 Å². The van der Waals surface area contributed by atoms with Gasteiger partial charge in [-0.1, -0.05) is 13.8 Å². The second kappa shape index (κ2) is 5.67. The first-order valence-electron chi connectivity index (χ1n) is 6.87. The third-order valence-electron chi connectivity index (χ3n) is 3.24. The van der Waals surface area contributed by atoms with E-state index in [1.807, 2.05) is 20.8 Å². The highest BCUT2D eigenvalue weighted by atomic mass is 16.6. The monoisotopic (exact) mass is 272 g/mol. The van der Waals surface area contributed by atoms with Crippen LogP contribution in [0.15, 0.2) is 0 Å². The summed E-state index contributed by atoms with van der Waals surface area (Å²) in [4.78, 5) is 12.0. The Kier molecular flexibility index (Phi) is 4.85. The number of carbonyl (C=O) groups is 1. The van der Waals surface area contributed by atoms with Crippen LogP contribution in [-0.2, 0) is 9.47 Å². The molecule has 3 N–H and O–H groups in total. The Labute approximate surface area is 116 Å². The first-order valence-corrected chi connectivity index (χ1v) is 6.87. The molecular weight excluding hydrogens is 244 g/mol. The number of nitrogens with two attached hydrogens (primary N) is 1. The summed E-state index contributed by atoms with van der Waals surface area (Å²) in [7, 11) is 0. The van der Waals surface area contributed by atoms with Crippen LogP contribution in [-0.4, -0.2) is 37.0 Å². The average Bonchev–Trinajstić information content (AvgIpc) is 2.62. The van der Waals surface area contributed by atoms with E-state index in [0.717, 1.165) is 12.8 Å². The van der Waals surface area contributed by atoms with Gasteiger partial charge in [0.2, 0.25) is 0 Å². The van der Waals surface area contributed by atoms with Crippen molar-refractivity contribution >= 4 is 6.09 Å². The zero-order valence-electron chi connectivity index (χ0n) is 12.8. The van der Waals surface area contributed by atoms with Crippen LogP contribution in [0.4, 0.5) is 4.79 Å². The Bertz CT molecular complexity index is 315. The molecule has 0 radical (unpaired) electrons. The standard InChI is InChI=1S/C14H28N2O3/c1-12(2,3)19-11(17)16-14(6-7-18-10-14)8-13(4,5)9-15/h6-10,15H2,1-5H3,(H,16,17). The van der Waals surface area contributed by atoms with Crippen molar-refractivity contribution in [1.29, 1.82) is 0 Å². The van der Waals surface area contributed by atoms with Crippen LogP contribution >= 0.6 is 0 Å². The zero-order chi connectivity index (χ0) is 14.7. The summed E-state index contributed by atoms with van der Waals surface area (Å²) in [6.45, 7) is 11.5. The van der Waals surface area contributed by atoms with Crippen LogP contribution in [0.5, 0.6) is 0 Å². The Hall–Kier alpha value is -0.810. The Morgan fingerprint density at radius 1 is 1.37 bits per heavy atom. The van der Waals surface area contributed by atoms with Crippen molar-refractivity contribution in [2.75, 3.05) is 19.8 Å². The van der Waals surface area contributed by atoms with Crippen molar-refractivity contribution in [3.8, 4) is 0 Å². The van der Waals surface area contributed by atoms with E-state index >= 15 is 0 Å². The number of hydrogen-bond donors (Lipinski definition) is 2. The molecule has 0 spiro atoms. The van der Waals surface area contributed by atoms with Crippen molar-refractivity contribution in [1.82, 2.24) is 5.32 Å². The van der Waals surface area contributed by atoms with Crippen molar-refractivity contribution < 1.29 is 14.3 Å². The number of ether oxygens (including phenoxy) is 2. The van der Waals surface area contributed by atoms with Gasteiger partial charge >= 0.3 is 6.09 Å². The average molecular weight is 272 g/mol. The molecule has 1 fully saturated rings. The predicted octanol–water partition coefficient (Wildman–Crippen LogP) is 2.05. The molecule has 1 aliphatic heterocycles. The second-order valence-corrected chi connectivity index (χ2v) is 7.25. The molecule has 19 heavy (non-hydrogen) atoms. The summed E-state index contributed by atoms with van der Waals surface area (Å²) < 4.78 is 10.8. The van der Waals surface area contributed by atoms with Crippen molar-refractivity contribution in [3.63, 3.8) is 0 Å². The molecular formula is C14H28N2O3. The van der Waals surface area contributed by atoms with Crippen LogP contribution < -0.4 is 11.1 Å². The van der Waals surface area contributed by atoms with Gasteiger partial charge in [0.15, 0.2) is 0 Å².